The molecule has 0 bridgehead atoms. The van der Waals surface area contributed by atoms with E-state index in [2.05, 4.69) is 17.1 Å². The summed E-state index contributed by atoms with van der Waals surface area (Å²) in [6, 6.07) is 0.459. The van der Waals surface area contributed by atoms with Crippen molar-refractivity contribution in [1.29, 1.82) is 0 Å². The van der Waals surface area contributed by atoms with E-state index < -0.39 is 0 Å². The van der Waals surface area contributed by atoms with Crippen molar-refractivity contribution in [3.63, 3.8) is 0 Å². The first-order valence-electron chi connectivity index (χ1n) is 7.63. The van der Waals surface area contributed by atoms with E-state index in [1.807, 2.05) is 4.90 Å². The lowest BCUT2D eigenvalue weighted by Crippen LogP contribution is -2.49. The number of nitrogens with two attached hydrogens (primary N) is 1. The van der Waals surface area contributed by atoms with Crippen LogP contribution in [0.5, 0.6) is 0 Å². The third kappa shape index (κ3) is 3.70. The van der Waals surface area contributed by atoms with E-state index in [-0.39, 0.29) is 17.7 Å². The molecule has 2 unspecified atom stereocenters. The minimum absolute atomic E-state index is 0.129. The SMILES string of the molecule is CCN(CC(=O)N1CCCC(C(N)=O)C1)C1CCNC1. The van der Waals surface area contributed by atoms with Gasteiger partial charge in [0.05, 0.1) is 12.5 Å². The van der Waals surface area contributed by atoms with Crippen molar-refractivity contribution in [3.8, 4) is 0 Å². The van der Waals surface area contributed by atoms with Crippen molar-refractivity contribution >= 4 is 11.8 Å². The minimum Gasteiger partial charge on any atom is -0.369 e. The molecule has 0 aromatic carbocycles. The molecule has 2 heterocycles. The molecule has 20 heavy (non-hydrogen) atoms. The van der Waals surface area contributed by atoms with E-state index >= 15 is 0 Å². The Morgan fingerprint density at radius 2 is 2.20 bits per heavy atom. The normalized spacial score (nSPS) is 27.0. The van der Waals surface area contributed by atoms with Crippen LogP contribution in [-0.4, -0.2) is 66.9 Å². The molecule has 0 spiro atoms. The molecule has 2 aliphatic heterocycles. The first kappa shape index (κ1) is 15.3. The number of piperidine rings is 1. The van der Waals surface area contributed by atoms with E-state index in [1.54, 1.807) is 0 Å². The van der Waals surface area contributed by atoms with E-state index in [4.69, 9.17) is 5.73 Å². The summed E-state index contributed by atoms with van der Waals surface area (Å²) in [5.41, 5.74) is 5.36. The lowest BCUT2D eigenvalue weighted by Gasteiger charge is -2.34. The number of likely N-dealkylation sites (N-methyl/N-ethyl adjacent to an activating group) is 1. The van der Waals surface area contributed by atoms with Gasteiger partial charge in [-0.2, -0.15) is 0 Å². The molecular formula is C14H26N4O2. The number of nitrogens with zero attached hydrogens (tertiary/aromatic N) is 2. The van der Waals surface area contributed by atoms with Gasteiger partial charge in [0.2, 0.25) is 11.8 Å². The molecule has 6 nitrogen and oxygen atoms in total. The molecule has 2 fully saturated rings. The lowest BCUT2D eigenvalue weighted by molar-refractivity contribution is -0.136. The van der Waals surface area contributed by atoms with Gasteiger partial charge in [-0.3, -0.25) is 14.5 Å². The fourth-order valence-corrected chi connectivity index (χ4v) is 3.16. The number of likely N-dealkylation sites (tertiary alicyclic amines) is 1. The van der Waals surface area contributed by atoms with Crippen molar-refractivity contribution in [2.24, 2.45) is 11.7 Å². The Balaban J connectivity index is 1.87. The van der Waals surface area contributed by atoms with Crippen LogP contribution in [0.4, 0.5) is 0 Å². The summed E-state index contributed by atoms with van der Waals surface area (Å²) < 4.78 is 0. The van der Waals surface area contributed by atoms with Crippen molar-refractivity contribution in [2.45, 2.75) is 32.2 Å². The van der Waals surface area contributed by atoms with Gasteiger partial charge in [0, 0.05) is 25.7 Å². The zero-order valence-electron chi connectivity index (χ0n) is 12.3. The van der Waals surface area contributed by atoms with Gasteiger partial charge in [0.1, 0.15) is 0 Å². The van der Waals surface area contributed by atoms with Crippen molar-refractivity contribution < 1.29 is 9.59 Å². The maximum Gasteiger partial charge on any atom is 0.236 e. The van der Waals surface area contributed by atoms with Gasteiger partial charge in [0.25, 0.3) is 0 Å². The summed E-state index contributed by atoms with van der Waals surface area (Å²) in [6.07, 6.45) is 2.78. The fourth-order valence-electron chi connectivity index (χ4n) is 3.16. The Hall–Kier alpha value is -1.14. The van der Waals surface area contributed by atoms with Crippen LogP contribution in [0.2, 0.25) is 0 Å². The van der Waals surface area contributed by atoms with Crippen LogP contribution in [0.15, 0.2) is 0 Å². The van der Waals surface area contributed by atoms with E-state index in [9.17, 15) is 9.59 Å². The highest BCUT2D eigenvalue weighted by Gasteiger charge is 2.29. The zero-order valence-corrected chi connectivity index (χ0v) is 12.3. The maximum atomic E-state index is 12.4. The number of primary amides is 1. The molecule has 3 N–H and O–H groups in total. The quantitative estimate of drug-likeness (QED) is 0.705. The Morgan fingerprint density at radius 1 is 1.40 bits per heavy atom. The van der Waals surface area contributed by atoms with Gasteiger partial charge in [-0.25, -0.2) is 0 Å². The second-order valence-corrected chi connectivity index (χ2v) is 5.79. The predicted octanol–water partition coefficient (Wildman–Crippen LogP) is -0.606. The van der Waals surface area contributed by atoms with Crippen molar-refractivity contribution in [1.82, 2.24) is 15.1 Å². The highest BCUT2D eigenvalue weighted by atomic mass is 16.2. The lowest BCUT2D eigenvalue weighted by atomic mass is 9.97. The molecule has 114 valence electrons. The topological polar surface area (TPSA) is 78.7 Å². The first-order valence-corrected chi connectivity index (χ1v) is 7.63. The minimum atomic E-state index is -0.283. The number of rotatable bonds is 5. The molecule has 2 rings (SSSR count). The van der Waals surface area contributed by atoms with Crippen LogP contribution in [0.3, 0.4) is 0 Å². The largest absolute Gasteiger partial charge is 0.369 e. The predicted molar refractivity (Wildman–Crippen MR) is 77.0 cm³/mol. The van der Waals surface area contributed by atoms with Gasteiger partial charge in [-0.1, -0.05) is 6.92 Å². The summed E-state index contributed by atoms with van der Waals surface area (Å²) in [4.78, 5) is 27.7. The highest BCUT2D eigenvalue weighted by molar-refractivity contribution is 5.81. The average Bonchev–Trinajstić information content (AvgIpc) is 2.98. The monoisotopic (exact) mass is 282 g/mol. The summed E-state index contributed by atoms with van der Waals surface area (Å²) in [6.45, 7) is 6.67. The van der Waals surface area contributed by atoms with E-state index in [0.717, 1.165) is 45.4 Å². The smallest absolute Gasteiger partial charge is 0.236 e. The molecule has 0 saturated carbocycles. The summed E-state index contributed by atoms with van der Waals surface area (Å²) in [7, 11) is 0. The number of amides is 2. The summed E-state index contributed by atoms with van der Waals surface area (Å²) in [5, 5.41) is 3.33. The standard InChI is InChI=1S/C14H26N4O2/c1-2-17(12-5-6-16-8-12)10-13(19)18-7-3-4-11(9-18)14(15)20/h11-12,16H,2-10H2,1H3,(H2,15,20). The molecule has 0 aromatic rings. The van der Waals surface area contributed by atoms with Crippen molar-refractivity contribution in [3.05, 3.63) is 0 Å². The van der Waals surface area contributed by atoms with Gasteiger partial charge >= 0.3 is 0 Å². The Bertz CT molecular complexity index is 355. The summed E-state index contributed by atoms with van der Waals surface area (Å²) >= 11 is 0. The number of hydrogen-bond acceptors (Lipinski definition) is 4. The zero-order chi connectivity index (χ0) is 14.5. The Morgan fingerprint density at radius 3 is 2.80 bits per heavy atom. The van der Waals surface area contributed by atoms with Gasteiger partial charge in [0.15, 0.2) is 0 Å². The number of hydrogen-bond donors (Lipinski definition) is 2. The Labute approximate surface area is 120 Å². The van der Waals surface area contributed by atoms with Gasteiger partial charge in [-0.05, 0) is 32.4 Å². The van der Waals surface area contributed by atoms with Gasteiger partial charge < -0.3 is 16.0 Å². The van der Waals surface area contributed by atoms with Crippen LogP contribution >= 0.6 is 0 Å². The molecule has 0 radical (unpaired) electrons. The number of carbonyl (C=O) groups excluding carboxylic acids is 2. The molecule has 2 aliphatic rings. The van der Waals surface area contributed by atoms with E-state index in [0.29, 0.717) is 19.1 Å². The van der Waals surface area contributed by atoms with Gasteiger partial charge in [-0.15, -0.1) is 0 Å². The first-order chi connectivity index (χ1) is 9.61. The maximum absolute atomic E-state index is 12.4. The molecule has 0 aliphatic carbocycles. The van der Waals surface area contributed by atoms with Crippen LogP contribution < -0.4 is 11.1 Å². The van der Waals surface area contributed by atoms with Crippen LogP contribution in [0.1, 0.15) is 26.2 Å². The molecule has 6 heteroatoms. The summed E-state index contributed by atoms with van der Waals surface area (Å²) in [5.74, 6) is -0.324. The molecular weight excluding hydrogens is 256 g/mol. The van der Waals surface area contributed by atoms with E-state index in [1.165, 1.54) is 0 Å². The number of nitrogens with one attached hydrogen (secondary N) is 1. The van der Waals surface area contributed by atoms with Crippen LogP contribution in [0, 0.1) is 5.92 Å². The fraction of sp³-hybridized carbons (Fsp3) is 0.857. The van der Waals surface area contributed by atoms with Crippen molar-refractivity contribution in [2.75, 3.05) is 39.3 Å². The number of carbonyl (C=O) groups is 2. The molecule has 2 atom stereocenters. The average molecular weight is 282 g/mol. The third-order valence-electron chi connectivity index (χ3n) is 4.47. The second-order valence-electron chi connectivity index (χ2n) is 5.79. The Kier molecular flexibility index (Phi) is 5.37. The van der Waals surface area contributed by atoms with Crippen LogP contribution in [0.25, 0.3) is 0 Å². The third-order valence-corrected chi connectivity index (χ3v) is 4.47. The highest BCUT2D eigenvalue weighted by Crippen LogP contribution is 2.17. The van der Waals surface area contributed by atoms with Crippen LogP contribution in [-0.2, 0) is 9.59 Å². The molecule has 2 saturated heterocycles. The second kappa shape index (κ2) is 7.04. The molecule has 0 aromatic heterocycles. The molecule has 2 amide bonds.